The summed E-state index contributed by atoms with van der Waals surface area (Å²) in [6.07, 6.45) is -3.81. The van der Waals surface area contributed by atoms with Gasteiger partial charge in [-0.1, -0.05) is 17.7 Å². The molecule has 0 aliphatic heterocycles. The molecule has 15 heavy (non-hydrogen) atoms. The molecular formula is C10H8ClF3O. The van der Waals surface area contributed by atoms with Gasteiger partial charge in [0.2, 0.25) is 0 Å². The highest BCUT2D eigenvalue weighted by molar-refractivity contribution is 6.31. The molecule has 0 saturated heterocycles. The van der Waals surface area contributed by atoms with Crippen LogP contribution in [0.25, 0.3) is 0 Å². The third-order valence-corrected chi connectivity index (χ3v) is 2.82. The van der Waals surface area contributed by atoms with Gasteiger partial charge in [0, 0.05) is 10.6 Å². The largest absolute Gasteiger partial charge is 0.416 e. The molecule has 0 heterocycles. The third-order valence-electron chi connectivity index (χ3n) is 2.51. The molecule has 1 aromatic rings. The smallest absolute Gasteiger partial charge is 0.385 e. The van der Waals surface area contributed by atoms with E-state index in [0.717, 1.165) is 6.07 Å². The van der Waals surface area contributed by atoms with Crippen molar-refractivity contribution in [1.29, 1.82) is 0 Å². The van der Waals surface area contributed by atoms with E-state index in [2.05, 4.69) is 0 Å². The van der Waals surface area contributed by atoms with Gasteiger partial charge in [-0.25, -0.2) is 0 Å². The van der Waals surface area contributed by atoms with Gasteiger partial charge in [-0.3, -0.25) is 0 Å². The summed E-state index contributed by atoms with van der Waals surface area (Å²) in [5, 5.41) is 9.72. The van der Waals surface area contributed by atoms with Crippen molar-refractivity contribution in [2.75, 3.05) is 0 Å². The summed E-state index contributed by atoms with van der Waals surface area (Å²) in [7, 11) is 0. The van der Waals surface area contributed by atoms with Crippen LogP contribution in [0.2, 0.25) is 5.02 Å². The van der Waals surface area contributed by atoms with Gasteiger partial charge in [-0.2, -0.15) is 13.2 Å². The van der Waals surface area contributed by atoms with E-state index in [9.17, 15) is 18.3 Å². The minimum Gasteiger partial charge on any atom is -0.385 e. The Bertz CT molecular complexity index is 396. The van der Waals surface area contributed by atoms with E-state index in [1.54, 1.807) is 0 Å². The third kappa shape index (κ3) is 1.84. The van der Waals surface area contributed by atoms with Gasteiger partial charge in [-0.15, -0.1) is 0 Å². The molecule has 2 rings (SSSR count). The van der Waals surface area contributed by atoms with Crippen LogP contribution >= 0.6 is 11.6 Å². The first-order valence-corrected chi connectivity index (χ1v) is 4.81. The Labute approximate surface area is 89.5 Å². The molecule has 0 radical (unpaired) electrons. The van der Waals surface area contributed by atoms with Crippen molar-refractivity contribution in [3.8, 4) is 0 Å². The zero-order chi connectivity index (χ0) is 11.3. The van der Waals surface area contributed by atoms with Gasteiger partial charge in [-0.05, 0) is 25.0 Å². The summed E-state index contributed by atoms with van der Waals surface area (Å²) in [6.45, 7) is 0. The molecule has 1 fully saturated rings. The first-order valence-electron chi connectivity index (χ1n) is 4.43. The molecule has 1 aliphatic rings. The molecule has 82 valence electrons. The molecule has 0 spiro atoms. The Balaban J connectivity index is 2.60. The molecule has 1 N–H and O–H groups in total. The number of rotatable bonds is 1. The second kappa shape index (κ2) is 3.12. The van der Waals surface area contributed by atoms with E-state index in [4.69, 9.17) is 11.6 Å². The first kappa shape index (κ1) is 10.8. The molecule has 1 saturated carbocycles. The fraction of sp³-hybridized carbons (Fsp3) is 0.400. The first-order chi connectivity index (χ1) is 6.84. The van der Waals surface area contributed by atoms with Crippen LogP contribution in [0.15, 0.2) is 18.2 Å². The molecule has 1 aromatic carbocycles. The normalized spacial score (nSPS) is 19.0. The Morgan fingerprint density at radius 2 is 1.87 bits per heavy atom. The Hall–Kier alpha value is -0.740. The Kier molecular flexibility index (Phi) is 2.24. The van der Waals surface area contributed by atoms with Gasteiger partial charge >= 0.3 is 6.18 Å². The van der Waals surface area contributed by atoms with Crippen molar-refractivity contribution in [3.05, 3.63) is 34.3 Å². The lowest BCUT2D eigenvalue weighted by atomic mass is 10.0. The lowest BCUT2D eigenvalue weighted by molar-refractivity contribution is -0.139. The fourth-order valence-corrected chi connectivity index (χ4v) is 1.95. The van der Waals surface area contributed by atoms with Crippen LogP contribution in [0, 0.1) is 0 Å². The predicted molar refractivity (Wildman–Crippen MR) is 49.6 cm³/mol. The standard InChI is InChI=1S/C10H8ClF3O/c11-7-3-1-2-6(10(12,13)14)8(7)9(15)4-5-9/h1-3,15H,4-5H2. The zero-order valence-electron chi connectivity index (χ0n) is 7.61. The molecule has 1 nitrogen and oxygen atoms in total. The van der Waals surface area contributed by atoms with Gasteiger partial charge in [0.25, 0.3) is 0 Å². The van der Waals surface area contributed by atoms with Crippen LogP contribution in [0.5, 0.6) is 0 Å². The van der Waals surface area contributed by atoms with Crippen LogP contribution < -0.4 is 0 Å². The fourth-order valence-electron chi connectivity index (χ4n) is 1.60. The molecule has 5 heteroatoms. The number of halogens is 4. The van der Waals surface area contributed by atoms with Crippen LogP contribution in [-0.4, -0.2) is 5.11 Å². The maximum Gasteiger partial charge on any atom is 0.416 e. The number of hydrogen-bond donors (Lipinski definition) is 1. The van der Waals surface area contributed by atoms with Gasteiger partial charge in [0.05, 0.1) is 11.2 Å². The van der Waals surface area contributed by atoms with Crippen molar-refractivity contribution < 1.29 is 18.3 Å². The predicted octanol–water partition coefficient (Wildman–Crippen LogP) is 3.34. The van der Waals surface area contributed by atoms with E-state index >= 15 is 0 Å². The lowest BCUT2D eigenvalue weighted by Crippen LogP contribution is -2.16. The summed E-state index contributed by atoms with van der Waals surface area (Å²) in [4.78, 5) is 0. The number of aliphatic hydroxyl groups is 1. The van der Waals surface area contributed by atoms with Crippen molar-refractivity contribution >= 4 is 11.6 Å². The van der Waals surface area contributed by atoms with E-state index in [-0.39, 0.29) is 10.6 Å². The van der Waals surface area contributed by atoms with Crippen molar-refractivity contribution in [2.24, 2.45) is 0 Å². The highest BCUT2D eigenvalue weighted by Crippen LogP contribution is 2.51. The van der Waals surface area contributed by atoms with Crippen molar-refractivity contribution in [1.82, 2.24) is 0 Å². The summed E-state index contributed by atoms with van der Waals surface area (Å²) in [5.41, 5.74) is -2.39. The topological polar surface area (TPSA) is 20.2 Å². The highest BCUT2D eigenvalue weighted by atomic mass is 35.5. The van der Waals surface area contributed by atoms with Crippen LogP contribution in [-0.2, 0) is 11.8 Å². The summed E-state index contributed by atoms with van der Waals surface area (Å²) in [6, 6.07) is 3.54. The van der Waals surface area contributed by atoms with Crippen LogP contribution in [0.4, 0.5) is 13.2 Å². The highest BCUT2D eigenvalue weighted by Gasteiger charge is 2.49. The monoisotopic (exact) mass is 236 g/mol. The van der Waals surface area contributed by atoms with Gasteiger partial charge in [0.15, 0.2) is 0 Å². The second-order valence-corrected chi connectivity index (χ2v) is 4.10. The van der Waals surface area contributed by atoms with E-state index in [1.807, 2.05) is 0 Å². The molecule has 0 amide bonds. The minimum absolute atomic E-state index is 0.0233. The Morgan fingerprint density at radius 1 is 1.27 bits per heavy atom. The van der Waals surface area contributed by atoms with Crippen molar-refractivity contribution in [2.45, 2.75) is 24.6 Å². The van der Waals surface area contributed by atoms with Crippen LogP contribution in [0.1, 0.15) is 24.0 Å². The van der Waals surface area contributed by atoms with E-state index in [1.165, 1.54) is 12.1 Å². The maximum atomic E-state index is 12.6. The Morgan fingerprint density at radius 3 is 2.33 bits per heavy atom. The number of hydrogen-bond acceptors (Lipinski definition) is 1. The van der Waals surface area contributed by atoms with E-state index < -0.39 is 17.3 Å². The number of benzene rings is 1. The molecule has 1 aliphatic carbocycles. The summed E-state index contributed by atoms with van der Waals surface area (Å²) < 4.78 is 37.9. The molecule has 0 bridgehead atoms. The lowest BCUT2D eigenvalue weighted by Gasteiger charge is -2.17. The number of alkyl halides is 3. The van der Waals surface area contributed by atoms with Gasteiger partial charge < -0.3 is 5.11 Å². The average Bonchev–Trinajstić information content (AvgIpc) is 2.82. The van der Waals surface area contributed by atoms with Crippen LogP contribution in [0.3, 0.4) is 0 Å². The minimum atomic E-state index is -4.47. The summed E-state index contributed by atoms with van der Waals surface area (Å²) in [5.74, 6) is 0. The zero-order valence-corrected chi connectivity index (χ0v) is 8.36. The SMILES string of the molecule is OC1(c2c(Cl)cccc2C(F)(F)F)CC1. The van der Waals surface area contributed by atoms with Gasteiger partial charge in [0.1, 0.15) is 0 Å². The molecule has 0 aromatic heterocycles. The quantitative estimate of drug-likeness (QED) is 0.793. The second-order valence-electron chi connectivity index (χ2n) is 3.69. The average molecular weight is 237 g/mol. The van der Waals surface area contributed by atoms with Crippen molar-refractivity contribution in [3.63, 3.8) is 0 Å². The molecule has 0 unspecified atom stereocenters. The molecule has 0 atom stereocenters. The summed E-state index contributed by atoms with van der Waals surface area (Å²) >= 11 is 5.70. The molecular weight excluding hydrogens is 229 g/mol. The van der Waals surface area contributed by atoms with E-state index in [0.29, 0.717) is 12.8 Å². The maximum absolute atomic E-state index is 12.6.